The zero-order valence-electron chi connectivity index (χ0n) is 8.39. The summed E-state index contributed by atoms with van der Waals surface area (Å²) in [5, 5.41) is 0. The standard InChI is InChI=1S/C7H6F2.C4H8O/c1-5-2-6(8)4-7(9)3-5;1-2-4-3-5-4/h2-4H,1H3;4H,2-3H2,1H3/t;4-/m.0/s1. The third kappa shape index (κ3) is 4.33. The van der Waals surface area contributed by atoms with Gasteiger partial charge >= 0.3 is 0 Å². The first-order chi connectivity index (χ1) is 6.61. The smallest absolute Gasteiger partial charge is 0.126 e. The second-order valence-electron chi connectivity index (χ2n) is 3.31. The predicted molar refractivity (Wildman–Crippen MR) is 51.1 cm³/mol. The van der Waals surface area contributed by atoms with Gasteiger partial charge in [0.05, 0.1) is 12.7 Å². The Balaban J connectivity index is 0.000000165. The van der Waals surface area contributed by atoms with Crippen LogP contribution >= 0.6 is 0 Å². The highest BCUT2D eigenvalue weighted by Crippen LogP contribution is 2.10. The molecule has 14 heavy (non-hydrogen) atoms. The van der Waals surface area contributed by atoms with Gasteiger partial charge in [0.2, 0.25) is 0 Å². The molecule has 0 N–H and O–H groups in total. The quantitative estimate of drug-likeness (QED) is 0.635. The predicted octanol–water partition coefficient (Wildman–Crippen LogP) is 3.07. The van der Waals surface area contributed by atoms with Crippen molar-refractivity contribution in [1.29, 1.82) is 0 Å². The van der Waals surface area contributed by atoms with Crippen molar-refractivity contribution in [3.05, 3.63) is 35.4 Å². The first kappa shape index (κ1) is 11.1. The van der Waals surface area contributed by atoms with E-state index in [-0.39, 0.29) is 0 Å². The Labute approximate surface area is 82.7 Å². The molecule has 1 fully saturated rings. The van der Waals surface area contributed by atoms with E-state index in [0.29, 0.717) is 11.7 Å². The number of rotatable bonds is 1. The highest BCUT2D eigenvalue weighted by molar-refractivity contribution is 5.15. The lowest BCUT2D eigenvalue weighted by molar-refractivity contribution is 0.403. The van der Waals surface area contributed by atoms with Gasteiger partial charge in [-0.25, -0.2) is 8.78 Å². The Bertz CT molecular complexity index is 245. The van der Waals surface area contributed by atoms with E-state index in [4.69, 9.17) is 4.74 Å². The van der Waals surface area contributed by atoms with E-state index in [9.17, 15) is 8.78 Å². The van der Waals surface area contributed by atoms with Crippen LogP contribution in [0.5, 0.6) is 0 Å². The van der Waals surface area contributed by atoms with E-state index in [2.05, 4.69) is 6.92 Å². The first-order valence-electron chi connectivity index (χ1n) is 4.66. The van der Waals surface area contributed by atoms with Crippen molar-refractivity contribution in [2.24, 2.45) is 0 Å². The molecule has 1 aliphatic heterocycles. The molecule has 0 radical (unpaired) electrons. The number of hydrogen-bond donors (Lipinski definition) is 0. The molecule has 1 nitrogen and oxygen atoms in total. The average Bonchev–Trinajstić information content (AvgIpc) is 2.84. The fourth-order valence-electron chi connectivity index (χ4n) is 0.995. The molecule has 1 aliphatic rings. The second-order valence-corrected chi connectivity index (χ2v) is 3.31. The topological polar surface area (TPSA) is 12.5 Å². The van der Waals surface area contributed by atoms with Crippen molar-refractivity contribution in [1.82, 2.24) is 0 Å². The molecule has 1 saturated heterocycles. The van der Waals surface area contributed by atoms with E-state index in [1.807, 2.05) is 0 Å². The van der Waals surface area contributed by atoms with Crippen molar-refractivity contribution in [3.63, 3.8) is 0 Å². The lowest BCUT2D eigenvalue weighted by Crippen LogP contribution is -1.80. The summed E-state index contributed by atoms with van der Waals surface area (Å²) in [7, 11) is 0. The number of epoxide rings is 1. The SMILES string of the molecule is CC[C@H]1CO1.Cc1cc(F)cc(F)c1. The molecule has 0 spiro atoms. The van der Waals surface area contributed by atoms with E-state index in [0.717, 1.165) is 12.7 Å². The van der Waals surface area contributed by atoms with Gasteiger partial charge in [0.1, 0.15) is 11.6 Å². The molecule has 0 aliphatic carbocycles. The van der Waals surface area contributed by atoms with E-state index < -0.39 is 11.6 Å². The van der Waals surface area contributed by atoms with Gasteiger partial charge in [0.25, 0.3) is 0 Å². The van der Waals surface area contributed by atoms with Crippen molar-refractivity contribution in [2.75, 3.05) is 6.61 Å². The highest BCUT2D eigenvalue weighted by atomic mass is 19.1. The molecule has 0 amide bonds. The summed E-state index contributed by atoms with van der Waals surface area (Å²) in [4.78, 5) is 0. The van der Waals surface area contributed by atoms with Crippen LogP contribution < -0.4 is 0 Å². The van der Waals surface area contributed by atoms with Crippen molar-refractivity contribution < 1.29 is 13.5 Å². The van der Waals surface area contributed by atoms with Crippen LogP contribution in [-0.2, 0) is 4.74 Å². The molecule has 1 aromatic carbocycles. The summed E-state index contributed by atoms with van der Waals surface area (Å²) in [6.07, 6.45) is 1.83. The average molecular weight is 200 g/mol. The molecule has 78 valence electrons. The van der Waals surface area contributed by atoms with Crippen molar-refractivity contribution in [3.8, 4) is 0 Å². The molecule has 0 bridgehead atoms. The van der Waals surface area contributed by atoms with Gasteiger partial charge in [0.15, 0.2) is 0 Å². The van der Waals surface area contributed by atoms with Gasteiger partial charge in [-0.15, -0.1) is 0 Å². The van der Waals surface area contributed by atoms with Gasteiger partial charge < -0.3 is 4.74 Å². The van der Waals surface area contributed by atoms with Gasteiger partial charge in [-0.05, 0) is 31.0 Å². The molecule has 3 heteroatoms. The fraction of sp³-hybridized carbons (Fsp3) is 0.455. The van der Waals surface area contributed by atoms with Crippen molar-refractivity contribution >= 4 is 0 Å². The van der Waals surface area contributed by atoms with Crippen LogP contribution in [0.3, 0.4) is 0 Å². The lowest BCUT2D eigenvalue weighted by atomic mass is 10.2. The number of hydrogen-bond acceptors (Lipinski definition) is 1. The molecule has 0 aromatic heterocycles. The fourth-order valence-corrected chi connectivity index (χ4v) is 0.995. The van der Waals surface area contributed by atoms with E-state index in [1.165, 1.54) is 18.6 Å². The molecule has 0 saturated carbocycles. The maximum Gasteiger partial charge on any atom is 0.126 e. The Morgan fingerprint density at radius 3 is 2.00 bits per heavy atom. The molecular weight excluding hydrogens is 186 g/mol. The Morgan fingerprint density at radius 1 is 1.29 bits per heavy atom. The molecule has 1 heterocycles. The minimum absolute atomic E-state index is 0.521. The largest absolute Gasteiger partial charge is 0.373 e. The molecule has 1 atom stereocenters. The van der Waals surface area contributed by atoms with Gasteiger partial charge in [-0.2, -0.15) is 0 Å². The Hall–Kier alpha value is -0.960. The van der Waals surface area contributed by atoms with Gasteiger partial charge in [-0.3, -0.25) is 0 Å². The van der Waals surface area contributed by atoms with Crippen LogP contribution in [0.25, 0.3) is 0 Å². The highest BCUT2D eigenvalue weighted by Gasteiger charge is 2.18. The maximum absolute atomic E-state index is 12.2. The number of ether oxygens (including phenoxy) is 1. The van der Waals surface area contributed by atoms with Crippen molar-refractivity contribution in [2.45, 2.75) is 26.4 Å². The summed E-state index contributed by atoms with van der Waals surface area (Å²) >= 11 is 0. The van der Waals surface area contributed by atoms with Crippen LogP contribution in [-0.4, -0.2) is 12.7 Å². The van der Waals surface area contributed by atoms with Crippen LogP contribution in [0.1, 0.15) is 18.9 Å². The minimum Gasteiger partial charge on any atom is -0.373 e. The second kappa shape index (κ2) is 5.05. The first-order valence-corrected chi connectivity index (χ1v) is 4.66. The van der Waals surface area contributed by atoms with Crippen LogP contribution in [0.2, 0.25) is 0 Å². The van der Waals surface area contributed by atoms with E-state index in [1.54, 1.807) is 6.92 Å². The molecule has 2 rings (SSSR count). The van der Waals surface area contributed by atoms with Crippen LogP contribution in [0.4, 0.5) is 8.78 Å². The number of halogens is 2. The maximum atomic E-state index is 12.2. The normalized spacial score (nSPS) is 18.4. The third-order valence-corrected chi connectivity index (χ3v) is 1.86. The van der Waals surface area contributed by atoms with Gasteiger partial charge in [0, 0.05) is 6.07 Å². The summed E-state index contributed by atoms with van der Waals surface area (Å²) in [5.41, 5.74) is 0.604. The monoisotopic (exact) mass is 200 g/mol. The molecule has 1 aromatic rings. The molecule has 0 unspecified atom stereocenters. The zero-order chi connectivity index (χ0) is 10.6. The summed E-state index contributed by atoms with van der Waals surface area (Å²) in [6.45, 7) is 4.79. The number of benzene rings is 1. The lowest BCUT2D eigenvalue weighted by Gasteiger charge is -1.91. The summed E-state index contributed by atoms with van der Waals surface area (Å²) in [5.74, 6) is -1.04. The number of aryl methyl sites for hydroxylation is 1. The Morgan fingerprint density at radius 2 is 1.79 bits per heavy atom. The minimum atomic E-state index is -0.521. The van der Waals surface area contributed by atoms with E-state index >= 15 is 0 Å². The molecular formula is C11H14F2O. The summed E-state index contributed by atoms with van der Waals surface area (Å²) < 4.78 is 29.2. The van der Waals surface area contributed by atoms with Crippen LogP contribution in [0, 0.1) is 18.6 Å². The summed E-state index contributed by atoms with van der Waals surface area (Å²) in [6, 6.07) is 3.42. The Kier molecular flexibility index (Phi) is 4.01. The zero-order valence-corrected chi connectivity index (χ0v) is 8.39. The third-order valence-electron chi connectivity index (χ3n) is 1.86. The van der Waals surface area contributed by atoms with Crippen LogP contribution in [0.15, 0.2) is 18.2 Å². The van der Waals surface area contributed by atoms with Gasteiger partial charge in [-0.1, -0.05) is 6.92 Å².